The first-order valence-corrected chi connectivity index (χ1v) is 8.77. The fraction of sp³-hybridized carbons (Fsp3) is 0.214. The van der Waals surface area contributed by atoms with Crippen LogP contribution in [0, 0.1) is 0 Å². The van der Waals surface area contributed by atoms with Gasteiger partial charge in [-0.15, -0.1) is 0 Å². The Morgan fingerprint density at radius 1 is 1.14 bits per heavy atom. The van der Waals surface area contributed by atoms with Gasteiger partial charge < -0.3 is 5.32 Å². The minimum atomic E-state index is -3.59. The van der Waals surface area contributed by atoms with E-state index < -0.39 is 10.0 Å². The van der Waals surface area contributed by atoms with Gasteiger partial charge in [-0.3, -0.25) is 4.72 Å². The van der Waals surface area contributed by atoms with Crippen molar-refractivity contribution in [3.05, 3.63) is 47.1 Å². The highest BCUT2D eigenvalue weighted by atomic mass is 79.9. The normalized spacial score (nSPS) is 11.1. The predicted molar refractivity (Wildman–Crippen MR) is 88.0 cm³/mol. The van der Waals surface area contributed by atoms with Crippen LogP contribution in [-0.2, 0) is 10.0 Å². The summed E-state index contributed by atoms with van der Waals surface area (Å²) in [6.07, 6.45) is 2.49. The third kappa shape index (κ3) is 4.44. The van der Waals surface area contributed by atoms with Gasteiger partial charge in [0, 0.05) is 11.0 Å². The van der Waals surface area contributed by atoms with E-state index in [4.69, 9.17) is 0 Å². The molecule has 2 aromatic rings. The van der Waals surface area contributed by atoms with Crippen LogP contribution in [0.15, 0.2) is 52.0 Å². The van der Waals surface area contributed by atoms with Crippen molar-refractivity contribution < 1.29 is 8.42 Å². The molecule has 5 nitrogen and oxygen atoms in total. The molecule has 0 spiro atoms. The number of hydrogen-bond donors (Lipinski definition) is 2. The first kappa shape index (κ1) is 15.8. The maximum absolute atomic E-state index is 12.2. The molecule has 21 heavy (non-hydrogen) atoms. The Kier molecular flexibility index (Phi) is 5.19. The van der Waals surface area contributed by atoms with Crippen LogP contribution in [0.2, 0.25) is 0 Å². The lowest BCUT2D eigenvalue weighted by Crippen LogP contribution is -2.13. The molecular weight excluding hydrogens is 354 g/mol. The van der Waals surface area contributed by atoms with E-state index in [1.165, 1.54) is 18.3 Å². The zero-order valence-corrected chi connectivity index (χ0v) is 13.9. The molecule has 2 rings (SSSR count). The van der Waals surface area contributed by atoms with Crippen molar-refractivity contribution in [3.8, 4) is 0 Å². The number of sulfonamides is 1. The summed E-state index contributed by atoms with van der Waals surface area (Å²) in [4.78, 5) is 4.37. The van der Waals surface area contributed by atoms with E-state index in [9.17, 15) is 8.42 Å². The van der Waals surface area contributed by atoms with Crippen molar-refractivity contribution >= 4 is 37.5 Å². The van der Waals surface area contributed by atoms with Gasteiger partial charge in [0.2, 0.25) is 0 Å². The van der Waals surface area contributed by atoms with E-state index in [0.717, 1.165) is 23.3 Å². The predicted octanol–water partition coefficient (Wildman–Crippen LogP) is 3.47. The number of halogens is 1. The van der Waals surface area contributed by atoms with Crippen LogP contribution in [0.25, 0.3) is 0 Å². The van der Waals surface area contributed by atoms with Crippen molar-refractivity contribution in [1.29, 1.82) is 0 Å². The third-order valence-electron chi connectivity index (χ3n) is 2.70. The van der Waals surface area contributed by atoms with Crippen molar-refractivity contribution in [1.82, 2.24) is 4.98 Å². The van der Waals surface area contributed by atoms with Gasteiger partial charge in [-0.1, -0.05) is 22.9 Å². The van der Waals surface area contributed by atoms with Gasteiger partial charge in [0.1, 0.15) is 5.82 Å². The van der Waals surface area contributed by atoms with Crippen molar-refractivity contribution in [2.24, 2.45) is 0 Å². The van der Waals surface area contributed by atoms with Crippen LogP contribution in [0.1, 0.15) is 13.3 Å². The maximum atomic E-state index is 12.2. The summed E-state index contributed by atoms with van der Waals surface area (Å²) in [5, 5.41) is 3.13. The molecule has 0 saturated carbocycles. The zero-order chi connectivity index (χ0) is 15.3. The lowest BCUT2D eigenvalue weighted by Gasteiger charge is -2.09. The zero-order valence-electron chi connectivity index (χ0n) is 11.5. The number of pyridine rings is 1. The van der Waals surface area contributed by atoms with E-state index in [1.807, 2.05) is 0 Å². The Hall–Kier alpha value is -1.60. The highest BCUT2D eigenvalue weighted by Gasteiger charge is 2.13. The first-order chi connectivity index (χ1) is 10.0. The van der Waals surface area contributed by atoms with Crippen molar-refractivity contribution in [2.45, 2.75) is 18.2 Å². The molecule has 0 bridgehead atoms. The van der Waals surface area contributed by atoms with Crippen LogP contribution >= 0.6 is 15.9 Å². The Morgan fingerprint density at radius 2 is 1.86 bits per heavy atom. The minimum absolute atomic E-state index is 0.207. The molecule has 0 unspecified atom stereocenters. The van der Waals surface area contributed by atoms with E-state index in [-0.39, 0.29) is 4.90 Å². The summed E-state index contributed by atoms with van der Waals surface area (Å²) in [6.45, 7) is 2.89. The topological polar surface area (TPSA) is 71.1 Å². The van der Waals surface area contributed by atoms with Gasteiger partial charge in [-0.2, -0.15) is 0 Å². The third-order valence-corrected chi connectivity index (χ3v) is 4.62. The summed E-state index contributed by atoms with van der Waals surface area (Å²) >= 11 is 3.28. The van der Waals surface area contributed by atoms with E-state index in [1.54, 1.807) is 24.3 Å². The average Bonchev–Trinajstić information content (AvgIpc) is 2.47. The molecule has 0 atom stereocenters. The van der Waals surface area contributed by atoms with Crippen LogP contribution < -0.4 is 10.0 Å². The molecule has 0 amide bonds. The number of aromatic nitrogens is 1. The summed E-state index contributed by atoms with van der Waals surface area (Å²) in [7, 11) is -3.59. The van der Waals surface area contributed by atoms with E-state index in [2.05, 4.69) is 37.9 Å². The number of hydrogen-bond acceptors (Lipinski definition) is 4. The Bertz CT molecular complexity index is 685. The Morgan fingerprint density at radius 3 is 2.43 bits per heavy atom. The van der Waals surface area contributed by atoms with Gasteiger partial charge in [0.15, 0.2) is 0 Å². The molecule has 1 aromatic carbocycles. The first-order valence-electron chi connectivity index (χ1n) is 6.49. The van der Waals surface area contributed by atoms with E-state index >= 15 is 0 Å². The molecule has 0 aliphatic heterocycles. The quantitative estimate of drug-likeness (QED) is 0.817. The second-order valence-corrected chi connectivity index (χ2v) is 7.02. The number of benzene rings is 1. The Labute approximate surface area is 133 Å². The van der Waals surface area contributed by atoms with Crippen LogP contribution in [0.5, 0.6) is 0 Å². The summed E-state index contributed by atoms with van der Waals surface area (Å²) < 4.78 is 27.7. The van der Waals surface area contributed by atoms with Crippen LogP contribution in [-0.4, -0.2) is 19.9 Å². The second-order valence-electron chi connectivity index (χ2n) is 4.42. The SMILES string of the molecule is CCCNc1ccc(NS(=O)(=O)c2ccc(Br)cc2)cn1. The number of anilines is 2. The largest absolute Gasteiger partial charge is 0.370 e. The number of nitrogens with zero attached hydrogens (tertiary/aromatic N) is 1. The van der Waals surface area contributed by atoms with Gasteiger partial charge >= 0.3 is 0 Å². The highest BCUT2D eigenvalue weighted by molar-refractivity contribution is 9.10. The Balaban J connectivity index is 2.11. The average molecular weight is 370 g/mol. The minimum Gasteiger partial charge on any atom is -0.370 e. The van der Waals surface area contributed by atoms with Crippen molar-refractivity contribution in [3.63, 3.8) is 0 Å². The molecule has 1 aromatic heterocycles. The van der Waals surface area contributed by atoms with Gasteiger partial charge in [-0.25, -0.2) is 13.4 Å². The van der Waals surface area contributed by atoms with Crippen LogP contribution in [0.3, 0.4) is 0 Å². The molecule has 1 heterocycles. The highest BCUT2D eigenvalue weighted by Crippen LogP contribution is 2.18. The smallest absolute Gasteiger partial charge is 0.261 e. The molecule has 2 N–H and O–H groups in total. The summed E-state index contributed by atoms with van der Waals surface area (Å²) in [5.74, 6) is 0.725. The summed E-state index contributed by atoms with van der Waals surface area (Å²) in [5.41, 5.74) is 0.431. The van der Waals surface area contributed by atoms with Gasteiger partial charge in [0.05, 0.1) is 16.8 Å². The lowest BCUT2D eigenvalue weighted by atomic mass is 10.4. The molecule has 112 valence electrons. The van der Waals surface area contributed by atoms with Gasteiger partial charge in [-0.05, 0) is 42.8 Å². The lowest BCUT2D eigenvalue weighted by molar-refractivity contribution is 0.601. The van der Waals surface area contributed by atoms with Gasteiger partial charge in [0.25, 0.3) is 10.0 Å². The molecular formula is C14H16BrN3O2S. The molecule has 0 fully saturated rings. The molecule has 7 heteroatoms. The number of rotatable bonds is 6. The van der Waals surface area contributed by atoms with Crippen LogP contribution in [0.4, 0.5) is 11.5 Å². The number of nitrogens with one attached hydrogen (secondary N) is 2. The fourth-order valence-corrected chi connectivity index (χ4v) is 2.95. The standard InChI is InChI=1S/C14H16BrN3O2S/c1-2-9-16-14-8-5-12(10-17-14)18-21(19,20)13-6-3-11(15)4-7-13/h3-8,10,18H,2,9H2,1H3,(H,16,17). The maximum Gasteiger partial charge on any atom is 0.261 e. The molecule has 0 aliphatic rings. The molecule has 0 aliphatic carbocycles. The fourth-order valence-electron chi connectivity index (χ4n) is 1.64. The second kappa shape index (κ2) is 6.91. The van der Waals surface area contributed by atoms with Crippen molar-refractivity contribution in [2.75, 3.05) is 16.6 Å². The molecule has 0 radical (unpaired) electrons. The summed E-state index contributed by atoms with van der Waals surface area (Å²) in [6, 6.07) is 9.87. The monoisotopic (exact) mass is 369 g/mol. The molecule has 0 saturated heterocycles. The van der Waals surface area contributed by atoms with E-state index in [0.29, 0.717) is 5.69 Å².